The number of para-hydroxylation sites is 1. The van der Waals surface area contributed by atoms with Crippen molar-refractivity contribution >= 4 is 5.69 Å². The second kappa shape index (κ2) is 3.21. The van der Waals surface area contributed by atoms with E-state index in [9.17, 15) is 0 Å². The Morgan fingerprint density at radius 1 is 1.00 bits per heavy atom. The summed E-state index contributed by atoms with van der Waals surface area (Å²) >= 11 is 0. The number of anilines is 1. The third-order valence-corrected chi connectivity index (χ3v) is 5.26. The van der Waals surface area contributed by atoms with Gasteiger partial charge in [-0.25, -0.2) is 5.01 Å². The van der Waals surface area contributed by atoms with Crippen LogP contribution in [0.4, 0.5) is 5.69 Å². The van der Waals surface area contributed by atoms with Crippen LogP contribution in [0.2, 0.25) is 0 Å². The molecule has 0 radical (unpaired) electrons. The summed E-state index contributed by atoms with van der Waals surface area (Å²) in [4.78, 5) is 0. The fraction of sp³-hybridized carbons (Fsp3) is 0.571. The van der Waals surface area contributed by atoms with E-state index in [1.54, 1.807) is 0 Å². The normalized spacial score (nSPS) is 44.4. The van der Waals surface area contributed by atoms with E-state index in [0.29, 0.717) is 36.0 Å². The largest absolute Gasteiger partial charge is 0.241 e. The lowest BCUT2D eigenvalue weighted by Gasteiger charge is -2.38. The number of hydrogen-bond donors (Lipinski definition) is 0. The van der Waals surface area contributed by atoms with E-state index < -0.39 is 0 Å². The Hall–Kier alpha value is -1.78. The molecule has 0 unspecified atom stereocenters. The van der Waals surface area contributed by atoms with Gasteiger partial charge in [0.15, 0.2) is 0 Å². The highest BCUT2D eigenvalue weighted by molar-refractivity contribution is 5.55. The van der Waals surface area contributed by atoms with Crippen LogP contribution in [0.15, 0.2) is 44.8 Å². The van der Waals surface area contributed by atoms with Gasteiger partial charge in [-0.2, -0.15) is 15.3 Å². The number of hydrogen-bond acceptors (Lipinski definition) is 5. The molecule has 19 heavy (non-hydrogen) atoms. The first-order valence-electron chi connectivity index (χ1n) is 7.00. The monoisotopic (exact) mass is 253 g/mol. The Morgan fingerprint density at radius 3 is 2.58 bits per heavy atom. The van der Waals surface area contributed by atoms with Gasteiger partial charge in [0, 0.05) is 11.8 Å². The number of benzene rings is 1. The smallest absolute Gasteiger partial charge is 0.101 e. The summed E-state index contributed by atoms with van der Waals surface area (Å²) in [5.74, 6) is 1.17. The molecule has 4 aliphatic rings. The summed E-state index contributed by atoms with van der Waals surface area (Å²) in [7, 11) is 0. The quantitative estimate of drug-likeness (QED) is 0.759. The highest BCUT2D eigenvalue weighted by Gasteiger charge is 2.65. The summed E-state index contributed by atoms with van der Waals surface area (Å²) < 4.78 is 0. The van der Waals surface area contributed by atoms with Crippen LogP contribution in [0.5, 0.6) is 0 Å². The molecule has 0 spiro atoms. The summed E-state index contributed by atoms with van der Waals surface area (Å²) in [6.07, 6.45) is 1.22. The topological polar surface area (TPSA) is 52.7 Å². The van der Waals surface area contributed by atoms with Crippen molar-refractivity contribution in [2.24, 2.45) is 32.4 Å². The molecule has 96 valence electrons. The van der Waals surface area contributed by atoms with Crippen molar-refractivity contribution in [3.8, 4) is 0 Å². The predicted molar refractivity (Wildman–Crippen MR) is 70.1 cm³/mol. The lowest BCUT2D eigenvalue weighted by Crippen LogP contribution is -2.52. The molecule has 0 saturated heterocycles. The van der Waals surface area contributed by atoms with Crippen LogP contribution < -0.4 is 5.01 Å². The molecule has 2 bridgehead atoms. The van der Waals surface area contributed by atoms with Gasteiger partial charge in [-0.05, 0) is 25.0 Å². The van der Waals surface area contributed by atoms with Gasteiger partial charge in [-0.1, -0.05) is 23.4 Å². The molecule has 5 nitrogen and oxygen atoms in total. The molecule has 2 fully saturated rings. The third kappa shape index (κ3) is 1.08. The van der Waals surface area contributed by atoms with Crippen molar-refractivity contribution in [1.29, 1.82) is 0 Å². The molecule has 2 saturated carbocycles. The van der Waals surface area contributed by atoms with Gasteiger partial charge in [0.05, 0.1) is 11.7 Å². The van der Waals surface area contributed by atoms with Gasteiger partial charge in [0.1, 0.15) is 18.1 Å². The van der Waals surface area contributed by atoms with Crippen LogP contribution in [-0.4, -0.2) is 24.2 Å². The maximum absolute atomic E-state index is 4.55. The first-order valence-corrected chi connectivity index (χ1v) is 7.00. The Labute approximate surface area is 111 Å². The number of fused-ring (bicyclic) bond motifs is 8. The molecule has 2 aliphatic heterocycles. The van der Waals surface area contributed by atoms with Crippen molar-refractivity contribution in [3.63, 3.8) is 0 Å². The maximum atomic E-state index is 4.55. The molecule has 0 aromatic heterocycles. The van der Waals surface area contributed by atoms with Crippen LogP contribution in [0.1, 0.15) is 12.0 Å². The van der Waals surface area contributed by atoms with Gasteiger partial charge in [-0.3, -0.25) is 0 Å². The highest BCUT2D eigenvalue weighted by atomic mass is 15.6. The summed E-state index contributed by atoms with van der Waals surface area (Å²) in [6, 6.07) is 10.1. The van der Waals surface area contributed by atoms with E-state index in [4.69, 9.17) is 0 Å². The second-order valence-electron chi connectivity index (χ2n) is 6.09. The van der Waals surface area contributed by atoms with Crippen molar-refractivity contribution in [1.82, 2.24) is 0 Å². The minimum absolute atomic E-state index is 0.338. The van der Waals surface area contributed by atoms with E-state index in [2.05, 4.69) is 56.8 Å². The Balaban J connectivity index is 1.56. The number of aryl methyl sites for hydroxylation is 1. The Morgan fingerprint density at radius 2 is 1.79 bits per heavy atom. The molecule has 0 N–H and O–H groups in total. The molecule has 2 aliphatic carbocycles. The van der Waals surface area contributed by atoms with Gasteiger partial charge in [-0.15, -0.1) is 0 Å². The zero-order valence-electron chi connectivity index (χ0n) is 10.7. The predicted octanol–water partition coefficient (Wildman–Crippen LogP) is 2.77. The minimum Gasteiger partial charge on any atom is -0.241 e. The fourth-order valence-electron chi connectivity index (χ4n) is 4.37. The van der Waals surface area contributed by atoms with Crippen LogP contribution in [-0.2, 0) is 0 Å². The van der Waals surface area contributed by atoms with E-state index in [-0.39, 0.29) is 0 Å². The second-order valence-corrected chi connectivity index (χ2v) is 6.09. The van der Waals surface area contributed by atoms with Crippen molar-refractivity contribution < 1.29 is 0 Å². The van der Waals surface area contributed by atoms with Gasteiger partial charge < -0.3 is 0 Å². The molecule has 0 amide bonds. The Kier molecular flexibility index (Phi) is 1.70. The molecule has 5 heteroatoms. The zero-order chi connectivity index (χ0) is 12.6. The van der Waals surface area contributed by atoms with E-state index in [0.717, 1.165) is 0 Å². The molecule has 1 aromatic carbocycles. The van der Waals surface area contributed by atoms with Gasteiger partial charge >= 0.3 is 0 Å². The fourth-order valence-corrected chi connectivity index (χ4v) is 4.37. The first kappa shape index (κ1) is 10.1. The lowest BCUT2D eigenvalue weighted by atomic mass is 9.82. The molecule has 6 atom stereocenters. The molecule has 2 heterocycles. The van der Waals surface area contributed by atoms with Crippen LogP contribution in [0.25, 0.3) is 0 Å². The average Bonchev–Trinajstić information content (AvgIpc) is 2.98. The molecule has 5 rings (SSSR count). The number of azo groups is 1. The first-order chi connectivity index (χ1) is 9.34. The van der Waals surface area contributed by atoms with E-state index in [1.807, 2.05) is 0 Å². The average molecular weight is 253 g/mol. The van der Waals surface area contributed by atoms with Crippen molar-refractivity contribution in [3.05, 3.63) is 29.8 Å². The SMILES string of the molecule is Cc1ccccc1N1N=N[C@H]2[C@H]3C[C@H]([C@@H]4N=N[C@H]34)[C@H]21. The highest BCUT2D eigenvalue weighted by Crippen LogP contribution is 2.56. The summed E-state index contributed by atoms with van der Waals surface area (Å²) in [6.45, 7) is 2.14. The lowest BCUT2D eigenvalue weighted by molar-refractivity contribution is 0.242. The van der Waals surface area contributed by atoms with Crippen molar-refractivity contribution in [2.45, 2.75) is 37.5 Å². The number of nitrogens with zero attached hydrogens (tertiary/aromatic N) is 5. The van der Waals surface area contributed by atoms with Crippen molar-refractivity contribution in [2.75, 3.05) is 5.01 Å². The third-order valence-electron chi connectivity index (χ3n) is 5.26. The summed E-state index contributed by atoms with van der Waals surface area (Å²) in [5, 5.41) is 19.8. The number of rotatable bonds is 1. The minimum atomic E-state index is 0.338. The standard InChI is InChI=1S/C14H15N5/c1-7-4-2-3-5-10(7)19-14-9-6-8(13(14)17-18-19)11-12(9)16-15-11/h2-5,8-9,11-14H,6H2,1H3/t8-,9+,11+,12-,13-,14+/m0/s1. The van der Waals surface area contributed by atoms with Crippen LogP contribution >= 0.6 is 0 Å². The molecular weight excluding hydrogens is 238 g/mol. The van der Waals surface area contributed by atoms with Crippen LogP contribution in [0, 0.1) is 18.8 Å². The maximum Gasteiger partial charge on any atom is 0.101 e. The molecule has 1 aromatic rings. The summed E-state index contributed by atoms with van der Waals surface area (Å²) in [5.41, 5.74) is 2.45. The van der Waals surface area contributed by atoms with Gasteiger partial charge in [0.2, 0.25) is 0 Å². The molecular formula is C14H15N5. The zero-order valence-corrected chi connectivity index (χ0v) is 10.7. The van der Waals surface area contributed by atoms with Gasteiger partial charge in [0.25, 0.3) is 0 Å². The van der Waals surface area contributed by atoms with Crippen LogP contribution in [0.3, 0.4) is 0 Å². The van der Waals surface area contributed by atoms with E-state index >= 15 is 0 Å². The Bertz CT molecular complexity index is 610. The van der Waals surface area contributed by atoms with E-state index in [1.165, 1.54) is 17.7 Å².